The summed E-state index contributed by atoms with van der Waals surface area (Å²) in [5.41, 5.74) is 1.28. The number of nitrogens with zero attached hydrogens (tertiary/aromatic N) is 2. The molecule has 1 fully saturated rings. The van der Waals surface area contributed by atoms with E-state index < -0.39 is 6.10 Å². The molecule has 0 N–H and O–H groups in total. The van der Waals surface area contributed by atoms with Crippen molar-refractivity contribution < 1.29 is 9.53 Å². The van der Waals surface area contributed by atoms with E-state index in [9.17, 15) is 4.79 Å². The zero-order valence-electron chi connectivity index (χ0n) is 13.5. The Morgan fingerprint density at radius 1 is 1.05 bits per heavy atom. The number of carbonyl (C=O) groups excluding carboxylic acids is 1. The minimum Gasteiger partial charge on any atom is -0.481 e. The number of rotatable bonds is 4. The van der Waals surface area contributed by atoms with Crippen LogP contribution in [0.2, 0.25) is 0 Å². The molecule has 1 atom stereocenters. The molecule has 0 radical (unpaired) electrons. The first-order valence-corrected chi connectivity index (χ1v) is 7.71. The molecule has 4 nitrogen and oxygen atoms in total. The Bertz CT molecular complexity index is 462. The lowest BCUT2D eigenvalue weighted by molar-refractivity contribution is -0.139. The summed E-state index contributed by atoms with van der Waals surface area (Å²) < 4.78 is 5.79. The largest absolute Gasteiger partial charge is 0.481 e. The molecule has 0 unspecified atom stereocenters. The summed E-state index contributed by atoms with van der Waals surface area (Å²) in [5, 5.41) is 0. The second kappa shape index (κ2) is 6.94. The number of ether oxygens (including phenoxy) is 1. The summed E-state index contributed by atoms with van der Waals surface area (Å²) in [7, 11) is 2.08. The first kappa shape index (κ1) is 15.8. The third-order valence-corrected chi connectivity index (χ3v) is 4.02. The number of hydrogen-bond acceptors (Lipinski definition) is 3. The summed E-state index contributed by atoms with van der Waals surface area (Å²) in [6.45, 7) is 9.59. The quantitative estimate of drug-likeness (QED) is 0.853. The van der Waals surface area contributed by atoms with Gasteiger partial charge in [0.25, 0.3) is 5.91 Å². The monoisotopic (exact) mass is 290 g/mol. The van der Waals surface area contributed by atoms with Crippen molar-refractivity contribution in [1.29, 1.82) is 0 Å². The zero-order chi connectivity index (χ0) is 15.4. The Hall–Kier alpha value is -1.55. The van der Waals surface area contributed by atoms with Crippen molar-refractivity contribution in [3.05, 3.63) is 29.8 Å². The Labute approximate surface area is 127 Å². The van der Waals surface area contributed by atoms with Crippen LogP contribution in [0.1, 0.15) is 32.3 Å². The lowest BCUT2D eigenvalue weighted by Gasteiger charge is -2.33. The van der Waals surface area contributed by atoms with Crippen LogP contribution in [0.5, 0.6) is 5.75 Å². The molecule has 1 aromatic carbocycles. The van der Waals surface area contributed by atoms with Gasteiger partial charge in [0.15, 0.2) is 6.10 Å². The van der Waals surface area contributed by atoms with E-state index in [1.165, 1.54) is 5.56 Å². The topological polar surface area (TPSA) is 32.8 Å². The average Bonchev–Trinajstić information content (AvgIpc) is 2.47. The summed E-state index contributed by atoms with van der Waals surface area (Å²) in [5.74, 6) is 1.34. The molecule has 0 bridgehead atoms. The molecule has 116 valence electrons. The van der Waals surface area contributed by atoms with Crippen LogP contribution in [0.15, 0.2) is 24.3 Å². The van der Waals surface area contributed by atoms with Gasteiger partial charge in [0, 0.05) is 26.2 Å². The first-order valence-electron chi connectivity index (χ1n) is 7.71. The minimum atomic E-state index is -0.432. The number of benzene rings is 1. The van der Waals surface area contributed by atoms with Crippen LogP contribution < -0.4 is 4.74 Å². The van der Waals surface area contributed by atoms with Crippen molar-refractivity contribution in [1.82, 2.24) is 9.80 Å². The molecule has 21 heavy (non-hydrogen) atoms. The van der Waals surface area contributed by atoms with E-state index >= 15 is 0 Å². The lowest BCUT2D eigenvalue weighted by Crippen LogP contribution is -2.50. The van der Waals surface area contributed by atoms with Gasteiger partial charge in [0.2, 0.25) is 0 Å². The van der Waals surface area contributed by atoms with Crippen molar-refractivity contribution in [2.75, 3.05) is 33.2 Å². The fraction of sp³-hybridized carbons (Fsp3) is 0.588. The van der Waals surface area contributed by atoms with Gasteiger partial charge in [-0.3, -0.25) is 4.79 Å². The van der Waals surface area contributed by atoms with Crippen LogP contribution in [0.3, 0.4) is 0 Å². The van der Waals surface area contributed by atoms with Crippen molar-refractivity contribution >= 4 is 5.91 Å². The van der Waals surface area contributed by atoms with E-state index in [0.29, 0.717) is 5.92 Å². The number of carbonyl (C=O) groups is 1. The highest BCUT2D eigenvalue weighted by atomic mass is 16.5. The molecule has 2 rings (SSSR count). The first-order chi connectivity index (χ1) is 9.97. The van der Waals surface area contributed by atoms with Gasteiger partial charge in [-0.1, -0.05) is 26.0 Å². The number of likely N-dealkylation sites (N-methyl/N-ethyl adjacent to an activating group) is 1. The number of amides is 1. The molecule has 4 heteroatoms. The molecule has 1 amide bonds. The molecule has 0 aromatic heterocycles. The second-order valence-corrected chi connectivity index (χ2v) is 6.11. The summed E-state index contributed by atoms with van der Waals surface area (Å²) in [6, 6.07) is 8.02. The van der Waals surface area contributed by atoms with Crippen LogP contribution in [0.25, 0.3) is 0 Å². The predicted molar refractivity (Wildman–Crippen MR) is 84.7 cm³/mol. The van der Waals surface area contributed by atoms with E-state index in [1.807, 2.05) is 24.0 Å². The van der Waals surface area contributed by atoms with Crippen LogP contribution in [-0.2, 0) is 4.79 Å². The van der Waals surface area contributed by atoms with Crippen molar-refractivity contribution in [2.24, 2.45) is 0 Å². The van der Waals surface area contributed by atoms with Gasteiger partial charge in [0.05, 0.1) is 0 Å². The molecule has 0 aliphatic carbocycles. The lowest BCUT2D eigenvalue weighted by atomic mass is 10.0. The molecule has 1 saturated heterocycles. The van der Waals surface area contributed by atoms with Crippen molar-refractivity contribution in [2.45, 2.75) is 32.8 Å². The van der Waals surface area contributed by atoms with E-state index in [2.05, 4.69) is 37.9 Å². The van der Waals surface area contributed by atoms with Gasteiger partial charge >= 0.3 is 0 Å². The minimum absolute atomic E-state index is 0.0797. The Morgan fingerprint density at radius 2 is 1.62 bits per heavy atom. The Kier molecular flexibility index (Phi) is 5.23. The number of hydrogen-bond donors (Lipinski definition) is 0. The highest BCUT2D eigenvalue weighted by Gasteiger charge is 2.24. The molecular weight excluding hydrogens is 264 g/mol. The predicted octanol–water partition coefficient (Wildman–Crippen LogP) is 2.35. The maximum Gasteiger partial charge on any atom is 0.263 e. The highest BCUT2D eigenvalue weighted by molar-refractivity contribution is 5.81. The summed E-state index contributed by atoms with van der Waals surface area (Å²) in [6.07, 6.45) is -0.432. The summed E-state index contributed by atoms with van der Waals surface area (Å²) >= 11 is 0. The van der Waals surface area contributed by atoms with Gasteiger partial charge in [-0.25, -0.2) is 0 Å². The molecule has 1 aliphatic heterocycles. The molecule has 0 saturated carbocycles. The van der Waals surface area contributed by atoms with Crippen molar-refractivity contribution in [3.8, 4) is 5.75 Å². The number of piperazine rings is 1. The fourth-order valence-corrected chi connectivity index (χ4v) is 2.47. The van der Waals surface area contributed by atoms with Crippen LogP contribution >= 0.6 is 0 Å². The fourth-order valence-electron chi connectivity index (χ4n) is 2.47. The van der Waals surface area contributed by atoms with Crippen LogP contribution in [0, 0.1) is 0 Å². The molecule has 1 heterocycles. The maximum atomic E-state index is 12.4. The van der Waals surface area contributed by atoms with Gasteiger partial charge in [-0.15, -0.1) is 0 Å². The smallest absolute Gasteiger partial charge is 0.263 e. The average molecular weight is 290 g/mol. The molecule has 1 aromatic rings. The van der Waals surface area contributed by atoms with Crippen molar-refractivity contribution in [3.63, 3.8) is 0 Å². The van der Waals surface area contributed by atoms with E-state index in [0.717, 1.165) is 31.9 Å². The SMILES string of the molecule is CC(C)c1ccc(O[C@H](C)C(=O)N2CCN(C)CC2)cc1. The van der Waals surface area contributed by atoms with Gasteiger partial charge < -0.3 is 14.5 Å². The maximum absolute atomic E-state index is 12.4. The van der Waals surface area contributed by atoms with Crippen LogP contribution in [0.4, 0.5) is 0 Å². The van der Waals surface area contributed by atoms with E-state index in [1.54, 1.807) is 0 Å². The van der Waals surface area contributed by atoms with E-state index in [4.69, 9.17) is 4.74 Å². The van der Waals surface area contributed by atoms with Gasteiger partial charge in [0.1, 0.15) is 5.75 Å². The third-order valence-electron chi connectivity index (χ3n) is 4.02. The standard InChI is InChI=1S/C17H26N2O2/c1-13(2)15-5-7-16(8-6-15)21-14(3)17(20)19-11-9-18(4)10-12-19/h5-8,13-14H,9-12H2,1-4H3/t14-/m1/s1. The molecule has 1 aliphatic rings. The second-order valence-electron chi connectivity index (χ2n) is 6.11. The zero-order valence-corrected chi connectivity index (χ0v) is 13.5. The van der Waals surface area contributed by atoms with Gasteiger partial charge in [-0.05, 0) is 37.6 Å². The normalized spacial score (nSPS) is 17.9. The summed E-state index contributed by atoms with van der Waals surface area (Å²) in [4.78, 5) is 16.5. The Balaban J connectivity index is 1.91. The Morgan fingerprint density at radius 3 is 2.14 bits per heavy atom. The van der Waals surface area contributed by atoms with Gasteiger partial charge in [-0.2, -0.15) is 0 Å². The van der Waals surface area contributed by atoms with E-state index in [-0.39, 0.29) is 5.91 Å². The van der Waals surface area contributed by atoms with Crippen LogP contribution in [-0.4, -0.2) is 55.0 Å². The molecular formula is C17H26N2O2. The molecule has 0 spiro atoms. The highest BCUT2D eigenvalue weighted by Crippen LogP contribution is 2.19. The third kappa shape index (κ3) is 4.21.